The first-order chi connectivity index (χ1) is 15.9. The molecule has 1 saturated heterocycles. The number of carboxylic acids is 1. The summed E-state index contributed by atoms with van der Waals surface area (Å²) in [7, 11) is 0. The Morgan fingerprint density at radius 3 is 2.79 bits per heavy atom. The largest absolute Gasteiger partial charge is 0.507 e. The zero-order chi connectivity index (χ0) is 23.4. The van der Waals surface area contributed by atoms with Gasteiger partial charge in [0, 0.05) is 36.3 Å². The highest BCUT2D eigenvalue weighted by Crippen LogP contribution is 2.34. The molecule has 3 aromatic rings. The van der Waals surface area contributed by atoms with E-state index in [1.54, 1.807) is 24.3 Å². The Labute approximate surface area is 194 Å². The molecule has 8 heteroatoms. The molecule has 0 amide bonds. The number of benzene rings is 2. The van der Waals surface area contributed by atoms with Crippen LogP contribution in [-0.2, 0) is 16.1 Å². The van der Waals surface area contributed by atoms with Crippen LogP contribution in [0.2, 0.25) is 0 Å². The van der Waals surface area contributed by atoms with Gasteiger partial charge < -0.3 is 24.8 Å². The Morgan fingerprint density at radius 1 is 1.24 bits per heavy atom. The van der Waals surface area contributed by atoms with Crippen LogP contribution in [0.4, 0.5) is 4.39 Å². The third kappa shape index (κ3) is 5.78. The van der Waals surface area contributed by atoms with E-state index in [1.165, 1.54) is 29.5 Å². The van der Waals surface area contributed by atoms with E-state index in [0.717, 1.165) is 6.08 Å². The quantitative estimate of drug-likeness (QED) is 0.425. The molecule has 0 aliphatic carbocycles. The van der Waals surface area contributed by atoms with Crippen LogP contribution in [-0.4, -0.2) is 34.0 Å². The standard InChI is InChI=1S/C25H23FO6S/c26-18-8-17(24-11-19(27)3-5-31-24)9-20(10-18)32-13-15-1-2-21(23(28)7-15)22(12-25(29)30)16-4-6-33-14-16/h1-2,4,6-10,12,14,19,24,27-28H,3,5,11,13H2,(H,29,30)/b22-12+. The molecule has 2 aromatic carbocycles. The summed E-state index contributed by atoms with van der Waals surface area (Å²) in [5.41, 5.74) is 2.72. The van der Waals surface area contributed by atoms with Gasteiger partial charge in [0.2, 0.25) is 0 Å². The van der Waals surface area contributed by atoms with Crippen molar-refractivity contribution in [2.75, 3.05) is 6.61 Å². The summed E-state index contributed by atoms with van der Waals surface area (Å²) in [6.45, 7) is 0.481. The molecule has 0 spiro atoms. The molecule has 2 unspecified atom stereocenters. The number of carbonyl (C=O) groups is 1. The number of hydrogen-bond donors (Lipinski definition) is 3. The molecule has 3 N–H and O–H groups in total. The normalized spacial score (nSPS) is 18.8. The maximum Gasteiger partial charge on any atom is 0.328 e. The predicted octanol–water partition coefficient (Wildman–Crippen LogP) is 4.90. The van der Waals surface area contributed by atoms with Crippen LogP contribution < -0.4 is 4.74 Å². The van der Waals surface area contributed by atoms with E-state index in [2.05, 4.69) is 0 Å². The van der Waals surface area contributed by atoms with Gasteiger partial charge in [-0.1, -0.05) is 12.1 Å². The molecule has 0 radical (unpaired) electrons. The third-order valence-electron chi connectivity index (χ3n) is 5.38. The average molecular weight is 471 g/mol. The molecule has 6 nitrogen and oxygen atoms in total. The van der Waals surface area contributed by atoms with Crippen molar-refractivity contribution in [2.45, 2.75) is 31.7 Å². The molecule has 1 fully saturated rings. The molecule has 172 valence electrons. The highest BCUT2D eigenvalue weighted by Gasteiger charge is 2.23. The molecule has 0 bridgehead atoms. The first kappa shape index (κ1) is 23.0. The van der Waals surface area contributed by atoms with Crippen LogP contribution in [0, 0.1) is 5.82 Å². The Kier molecular flexibility index (Phi) is 7.08. The minimum Gasteiger partial charge on any atom is -0.507 e. The summed E-state index contributed by atoms with van der Waals surface area (Å²) >= 11 is 1.43. The summed E-state index contributed by atoms with van der Waals surface area (Å²) in [6.07, 6.45) is 1.14. The number of carboxylic acid groups (broad SMARTS) is 1. The van der Waals surface area contributed by atoms with Crippen molar-refractivity contribution in [2.24, 2.45) is 0 Å². The summed E-state index contributed by atoms with van der Waals surface area (Å²) < 4.78 is 25.6. The van der Waals surface area contributed by atoms with Gasteiger partial charge in [0.1, 0.15) is 23.9 Å². The predicted molar refractivity (Wildman–Crippen MR) is 122 cm³/mol. The summed E-state index contributed by atoms with van der Waals surface area (Å²) in [5, 5.41) is 33.3. The van der Waals surface area contributed by atoms with Crippen molar-refractivity contribution in [1.29, 1.82) is 0 Å². The van der Waals surface area contributed by atoms with Gasteiger partial charge in [-0.25, -0.2) is 9.18 Å². The van der Waals surface area contributed by atoms with Crippen LogP contribution in [0.15, 0.2) is 59.3 Å². The molecule has 1 aliphatic heterocycles. The van der Waals surface area contributed by atoms with Gasteiger partial charge in [0.15, 0.2) is 0 Å². The maximum absolute atomic E-state index is 14.2. The second-order valence-corrected chi connectivity index (χ2v) is 8.59. The number of aliphatic hydroxyl groups excluding tert-OH is 1. The average Bonchev–Trinajstić information content (AvgIpc) is 3.31. The lowest BCUT2D eigenvalue weighted by molar-refractivity contribution is -0.131. The summed E-state index contributed by atoms with van der Waals surface area (Å²) in [4.78, 5) is 11.3. The lowest BCUT2D eigenvalue weighted by Gasteiger charge is -2.27. The van der Waals surface area contributed by atoms with E-state index in [1.807, 2.05) is 10.8 Å². The van der Waals surface area contributed by atoms with Crippen LogP contribution in [0.5, 0.6) is 11.5 Å². The first-order valence-electron chi connectivity index (χ1n) is 10.4. The zero-order valence-corrected chi connectivity index (χ0v) is 18.4. The van der Waals surface area contributed by atoms with Crippen molar-refractivity contribution in [3.63, 3.8) is 0 Å². The van der Waals surface area contributed by atoms with E-state index < -0.39 is 24.0 Å². The van der Waals surface area contributed by atoms with E-state index in [-0.39, 0.29) is 12.4 Å². The van der Waals surface area contributed by atoms with Gasteiger partial charge in [-0.3, -0.25) is 0 Å². The first-order valence-corrected chi connectivity index (χ1v) is 11.4. The number of halogens is 1. The molecule has 4 rings (SSSR count). The van der Waals surface area contributed by atoms with Gasteiger partial charge in [0.05, 0.1) is 12.2 Å². The Morgan fingerprint density at radius 2 is 2.09 bits per heavy atom. The van der Waals surface area contributed by atoms with Gasteiger partial charge in [-0.2, -0.15) is 11.3 Å². The number of aliphatic hydroxyl groups is 1. The fourth-order valence-electron chi connectivity index (χ4n) is 3.78. The van der Waals surface area contributed by atoms with E-state index >= 15 is 0 Å². The molecule has 1 aliphatic rings. The Hall–Kier alpha value is -3.20. The van der Waals surface area contributed by atoms with Crippen molar-refractivity contribution in [3.05, 3.63) is 87.4 Å². The van der Waals surface area contributed by atoms with Crippen LogP contribution in [0.3, 0.4) is 0 Å². The number of thiophene rings is 1. The SMILES string of the molecule is O=C(O)/C=C(\c1ccsc1)c1ccc(COc2cc(F)cc(C3CC(O)CCO3)c2)cc1O. The molecule has 0 saturated carbocycles. The van der Waals surface area contributed by atoms with Gasteiger partial charge in [-0.15, -0.1) is 0 Å². The van der Waals surface area contributed by atoms with E-state index in [0.29, 0.717) is 53.0 Å². The Balaban J connectivity index is 1.50. The van der Waals surface area contributed by atoms with Crippen LogP contribution in [0.25, 0.3) is 5.57 Å². The van der Waals surface area contributed by atoms with Gasteiger partial charge >= 0.3 is 5.97 Å². The second-order valence-electron chi connectivity index (χ2n) is 7.81. The summed E-state index contributed by atoms with van der Waals surface area (Å²) in [6, 6.07) is 11.0. The molecular weight excluding hydrogens is 447 g/mol. The minimum absolute atomic E-state index is 0.0707. The topological polar surface area (TPSA) is 96.2 Å². The van der Waals surface area contributed by atoms with Crippen molar-refractivity contribution < 1.29 is 34.0 Å². The lowest BCUT2D eigenvalue weighted by atomic mass is 9.97. The lowest BCUT2D eigenvalue weighted by Crippen LogP contribution is -2.23. The van der Waals surface area contributed by atoms with Crippen molar-refractivity contribution >= 4 is 22.9 Å². The molecule has 1 aromatic heterocycles. The van der Waals surface area contributed by atoms with Gasteiger partial charge in [0.25, 0.3) is 0 Å². The van der Waals surface area contributed by atoms with E-state index in [4.69, 9.17) is 9.47 Å². The van der Waals surface area contributed by atoms with E-state index in [9.17, 15) is 24.5 Å². The highest BCUT2D eigenvalue weighted by molar-refractivity contribution is 7.08. The third-order valence-corrected chi connectivity index (χ3v) is 6.06. The summed E-state index contributed by atoms with van der Waals surface area (Å²) in [5.74, 6) is -1.36. The number of aliphatic carboxylic acids is 1. The molecule has 2 atom stereocenters. The second kappa shape index (κ2) is 10.2. The Bertz CT molecular complexity index is 1160. The minimum atomic E-state index is -1.11. The molecule has 33 heavy (non-hydrogen) atoms. The maximum atomic E-state index is 14.2. The van der Waals surface area contributed by atoms with Crippen molar-refractivity contribution in [3.8, 4) is 11.5 Å². The fourth-order valence-corrected chi connectivity index (χ4v) is 4.44. The number of ether oxygens (including phenoxy) is 2. The monoisotopic (exact) mass is 470 g/mol. The van der Waals surface area contributed by atoms with Crippen LogP contribution in [0.1, 0.15) is 41.2 Å². The van der Waals surface area contributed by atoms with Gasteiger partial charge in [-0.05, 0) is 58.1 Å². The number of rotatable bonds is 7. The fraction of sp³-hybridized carbons (Fsp3) is 0.240. The number of phenols is 1. The molecule has 2 heterocycles. The highest BCUT2D eigenvalue weighted by atomic mass is 32.1. The number of aromatic hydroxyl groups is 1. The number of hydrogen-bond acceptors (Lipinski definition) is 6. The smallest absolute Gasteiger partial charge is 0.328 e. The van der Waals surface area contributed by atoms with Crippen molar-refractivity contribution in [1.82, 2.24) is 0 Å². The zero-order valence-electron chi connectivity index (χ0n) is 17.6. The van der Waals surface area contributed by atoms with Crippen LogP contribution >= 0.6 is 11.3 Å². The molecular formula is C25H23FO6S. The number of phenolic OH excluding ortho intramolecular Hbond substituents is 1.